The summed E-state index contributed by atoms with van der Waals surface area (Å²) in [6, 6.07) is 20.9. The molecule has 23 heavy (non-hydrogen) atoms. The van der Waals surface area contributed by atoms with E-state index in [1.54, 1.807) is 18.3 Å². The maximum absolute atomic E-state index is 12.5. The minimum absolute atomic E-state index is 0.163. The molecule has 0 unspecified atom stereocenters. The zero-order valence-electron chi connectivity index (χ0n) is 12.1. The molecule has 1 aromatic heterocycles. The Morgan fingerprint density at radius 3 is 2.43 bits per heavy atom. The summed E-state index contributed by atoms with van der Waals surface area (Å²) in [5.74, 6) is -0.163. The number of carbonyl (C=O) groups is 1. The van der Waals surface area contributed by atoms with E-state index >= 15 is 0 Å². The average Bonchev–Trinajstić information content (AvgIpc) is 2.58. The smallest absolute Gasteiger partial charge is 0.258 e. The summed E-state index contributed by atoms with van der Waals surface area (Å²) in [6.07, 6.45) is 1.69. The van der Waals surface area contributed by atoms with Crippen molar-refractivity contribution in [3.8, 4) is 0 Å². The third-order valence-electron chi connectivity index (χ3n) is 3.08. The largest absolute Gasteiger partial charge is 0.322 e. The molecule has 0 fully saturated rings. The third kappa shape index (κ3) is 4.21. The van der Waals surface area contributed by atoms with E-state index in [0.29, 0.717) is 10.6 Å². The molecule has 2 aromatic carbocycles. The molecule has 0 saturated heterocycles. The molecule has 0 aliphatic carbocycles. The average molecular weight is 385 g/mol. The fourth-order valence-corrected chi connectivity index (χ4v) is 3.12. The first-order valence-electron chi connectivity index (χ1n) is 6.97. The van der Waals surface area contributed by atoms with Crippen LogP contribution in [-0.2, 0) is 0 Å². The van der Waals surface area contributed by atoms with Crippen LogP contribution in [0.1, 0.15) is 10.4 Å². The second kappa shape index (κ2) is 7.44. The number of halogens is 1. The first-order valence-corrected chi connectivity index (χ1v) is 8.58. The number of benzene rings is 2. The predicted octanol–water partition coefficient (Wildman–Crippen LogP) is 5.25. The molecular weight excluding hydrogens is 372 g/mol. The number of hydrogen-bond acceptors (Lipinski definition) is 3. The maximum Gasteiger partial charge on any atom is 0.258 e. The molecule has 0 aliphatic heterocycles. The van der Waals surface area contributed by atoms with Crippen molar-refractivity contribution in [1.82, 2.24) is 4.98 Å². The Morgan fingerprint density at radius 1 is 0.957 bits per heavy atom. The Labute approximate surface area is 147 Å². The van der Waals surface area contributed by atoms with Crippen molar-refractivity contribution in [1.29, 1.82) is 0 Å². The van der Waals surface area contributed by atoms with E-state index in [1.807, 2.05) is 54.6 Å². The highest BCUT2D eigenvalue weighted by Gasteiger charge is 2.13. The predicted molar refractivity (Wildman–Crippen MR) is 96.9 cm³/mol. The van der Waals surface area contributed by atoms with E-state index in [0.717, 1.165) is 15.1 Å². The second-order valence-corrected chi connectivity index (χ2v) is 6.71. The normalized spacial score (nSPS) is 10.3. The van der Waals surface area contributed by atoms with Gasteiger partial charge in [0, 0.05) is 21.3 Å². The second-order valence-electron chi connectivity index (χ2n) is 4.73. The highest BCUT2D eigenvalue weighted by Crippen LogP contribution is 2.29. The van der Waals surface area contributed by atoms with Gasteiger partial charge >= 0.3 is 0 Å². The Kier molecular flexibility index (Phi) is 5.10. The van der Waals surface area contributed by atoms with E-state index in [2.05, 4.69) is 26.2 Å². The number of pyridine rings is 1. The van der Waals surface area contributed by atoms with Crippen LogP contribution in [0.3, 0.4) is 0 Å². The lowest BCUT2D eigenvalue weighted by molar-refractivity contribution is 0.102. The molecule has 0 saturated carbocycles. The van der Waals surface area contributed by atoms with Gasteiger partial charge in [-0.1, -0.05) is 45.9 Å². The minimum atomic E-state index is -0.163. The lowest BCUT2D eigenvalue weighted by atomic mass is 10.2. The van der Waals surface area contributed by atoms with Crippen molar-refractivity contribution < 1.29 is 4.79 Å². The van der Waals surface area contributed by atoms with Crippen LogP contribution in [0, 0.1) is 0 Å². The third-order valence-corrected chi connectivity index (χ3v) is 4.63. The molecule has 3 nitrogen and oxygen atoms in total. The number of hydrogen-bond donors (Lipinski definition) is 1. The fourth-order valence-electron chi connectivity index (χ4n) is 1.98. The highest BCUT2D eigenvalue weighted by atomic mass is 79.9. The van der Waals surface area contributed by atoms with Crippen LogP contribution < -0.4 is 5.32 Å². The molecule has 114 valence electrons. The summed E-state index contributed by atoms with van der Waals surface area (Å²) in [7, 11) is 0. The first-order chi connectivity index (χ1) is 11.2. The number of carbonyl (C=O) groups excluding carboxylic acids is 1. The van der Waals surface area contributed by atoms with Crippen molar-refractivity contribution in [3.05, 3.63) is 83.0 Å². The van der Waals surface area contributed by atoms with Gasteiger partial charge in [-0.2, -0.15) is 0 Å². The van der Waals surface area contributed by atoms with Crippen LogP contribution in [0.4, 0.5) is 5.69 Å². The van der Waals surface area contributed by atoms with Gasteiger partial charge in [0.15, 0.2) is 0 Å². The number of aromatic nitrogens is 1. The van der Waals surface area contributed by atoms with Crippen LogP contribution in [-0.4, -0.2) is 10.9 Å². The molecule has 0 aliphatic rings. The molecule has 1 heterocycles. The zero-order valence-corrected chi connectivity index (χ0v) is 14.5. The Bertz CT molecular complexity index is 807. The van der Waals surface area contributed by atoms with Crippen LogP contribution in [0.15, 0.2) is 87.3 Å². The Morgan fingerprint density at radius 2 is 1.70 bits per heavy atom. The zero-order chi connectivity index (χ0) is 16.1. The lowest BCUT2D eigenvalue weighted by Crippen LogP contribution is -2.13. The van der Waals surface area contributed by atoms with Gasteiger partial charge in [-0.15, -0.1) is 0 Å². The topological polar surface area (TPSA) is 42.0 Å². The molecule has 0 spiro atoms. The van der Waals surface area contributed by atoms with Crippen LogP contribution in [0.2, 0.25) is 0 Å². The molecule has 1 amide bonds. The van der Waals surface area contributed by atoms with Crippen molar-refractivity contribution in [3.63, 3.8) is 0 Å². The fraction of sp³-hybridized carbons (Fsp3) is 0. The SMILES string of the molecule is O=C(Nc1ccccc1)c1cccnc1Sc1ccc(Br)cc1. The van der Waals surface area contributed by atoms with E-state index in [9.17, 15) is 4.79 Å². The summed E-state index contributed by atoms with van der Waals surface area (Å²) in [6.45, 7) is 0. The highest BCUT2D eigenvalue weighted by molar-refractivity contribution is 9.10. The van der Waals surface area contributed by atoms with Gasteiger partial charge in [-0.05, 0) is 48.5 Å². The van der Waals surface area contributed by atoms with E-state index in [4.69, 9.17) is 0 Å². The maximum atomic E-state index is 12.5. The molecule has 3 aromatic rings. The summed E-state index contributed by atoms with van der Waals surface area (Å²) in [5.41, 5.74) is 1.32. The summed E-state index contributed by atoms with van der Waals surface area (Å²) < 4.78 is 1.02. The number of rotatable bonds is 4. The van der Waals surface area contributed by atoms with Gasteiger partial charge in [0.25, 0.3) is 5.91 Å². The van der Waals surface area contributed by atoms with Crippen LogP contribution in [0.5, 0.6) is 0 Å². The molecule has 0 atom stereocenters. The number of nitrogens with one attached hydrogen (secondary N) is 1. The van der Waals surface area contributed by atoms with Crippen molar-refractivity contribution in [2.45, 2.75) is 9.92 Å². The summed E-state index contributed by atoms with van der Waals surface area (Å²) in [5, 5.41) is 3.58. The van der Waals surface area contributed by atoms with Gasteiger partial charge in [0.05, 0.1) is 5.56 Å². The van der Waals surface area contributed by atoms with Crippen molar-refractivity contribution in [2.75, 3.05) is 5.32 Å². The van der Waals surface area contributed by atoms with E-state index in [-0.39, 0.29) is 5.91 Å². The lowest BCUT2D eigenvalue weighted by Gasteiger charge is -2.09. The Balaban J connectivity index is 1.82. The summed E-state index contributed by atoms with van der Waals surface area (Å²) >= 11 is 4.89. The molecule has 0 bridgehead atoms. The number of anilines is 1. The monoisotopic (exact) mass is 384 g/mol. The van der Waals surface area contributed by atoms with E-state index < -0.39 is 0 Å². The quantitative estimate of drug-likeness (QED) is 0.667. The van der Waals surface area contributed by atoms with Gasteiger partial charge in [-0.25, -0.2) is 4.98 Å². The standard InChI is InChI=1S/C18H13BrN2OS/c19-13-8-10-15(11-9-13)23-18-16(7-4-12-20-18)17(22)21-14-5-2-1-3-6-14/h1-12H,(H,21,22). The molecule has 0 radical (unpaired) electrons. The number of nitrogens with zero attached hydrogens (tertiary/aromatic N) is 1. The van der Waals surface area contributed by atoms with E-state index in [1.165, 1.54) is 11.8 Å². The van der Waals surface area contributed by atoms with Gasteiger partial charge in [-0.3, -0.25) is 4.79 Å². The minimum Gasteiger partial charge on any atom is -0.322 e. The summed E-state index contributed by atoms with van der Waals surface area (Å²) in [4.78, 5) is 17.9. The molecular formula is C18H13BrN2OS. The number of para-hydroxylation sites is 1. The molecule has 1 N–H and O–H groups in total. The molecule has 5 heteroatoms. The van der Waals surface area contributed by atoms with Gasteiger partial charge < -0.3 is 5.32 Å². The van der Waals surface area contributed by atoms with Crippen molar-refractivity contribution >= 4 is 39.3 Å². The first kappa shape index (κ1) is 15.8. The van der Waals surface area contributed by atoms with Crippen molar-refractivity contribution in [2.24, 2.45) is 0 Å². The van der Waals surface area contributed by atoms with Gasteiger partial charge in [0.2, 0.25) is 0 Å². The van der Waals surface area contributed by atoms with Crippen LogP contribution in [0.25, 0.3) is 0 Å². The van der Waals surface area contributed by atoms with Gasteiger partial charge in [0.1, 0.15) is 5.03 Å². The molecule has 3 rings (SSSR count). The van der Waals surface area contributed by atoms with Crippen LogP contribution >= 0.6 is 27.7 Å². The Hall–Kier alpha value is -2.11. The number of amides is 1.